The first-order chi connectivity index (χ1) is 8.19. The van der Waals surface area contributed by atoms with Crippen molar-refractivity contribution in [2.75, 3.05) is 18.5 Å². The van der Waals surface area contributed by atoms with Crippen LogP contribution >= 0.6 is 11.8 Å². The molecule has 18 heavy (non-hydrogen) atoms. The number of hydrogen-bond donors (Lipinski definition) is 2. The highest BCUT2D eigenvalue weighted by molar-refractivity contribution is 8.00. The van der Waals surface area contributed by atoms with Crippen molar-refractivity contribution in [3.05, 3.63) is 24.0 Å². The molecule has 0 spiro atoms. The number of thioether (sulfide) groups is 1. The van der Waals surface area contributed by atoms with Crippen LogP contribution in [0.2, 0.25) is 0 Å². The zero-order chi connectivity index (χ0) is 14.0. The number of anilines is 1. The summed E-state index contributed by atoms with van der Waals surface area (Å²) in [6.45, 7) is 3.99. The third-order valence-electron chi connectivity index (χ3n) is 2.51. The van der Waals surface area contributed by atoms with E-state index in [0.29, 0.717) is 0 Å². The smallest absolute Gasteiger partial charge is 0.245 e. The third kappa shape index (κ3) is 3.60. The van der Waals surface area contributed by atoms with Gasteiger partial charge in [0, 0.05) is 11.3 Å². The van der Waals surface area contributed by atoms with Crippen molar-refractivity contribution in [3.63, 3.8) is 0 Å². The van der Waals surface area contributed by atoms with E-state index in [4.69, 9.17) is 5.73 Å². The fraction of sp³-hybridized carbons (Fsp3) is 0.455. The summed E-state index contributed by atoms with van der Waals surface area (Å²) in [5.74, 6) is -0.843. The monoisotopic (exact) mass is 292 g/mol. The van der Waals surface area contributed by atoms with Crippen molar-refractivity contribution in [2.24, 2.45) is 0 Å². The summed E-state index contributed by atoms with van der Waals surface area (Å²) in [5, 5.41) is 0. The standard InChI is InChI=1S/C11H17FN2O2S2/c1-11(2,17-3)7-14-18(15,16)10-8(12)5-4-6-9(10)13/h4-6,14H,7,13H2,1-3H3. The Labute approximate surface area is 111 Å². The summed E-state index contributed by atoms with van der Waals surface area (Å²) in [7, 11) is -3.93. The van der Waals surface area contributed by atoms with Crippen LogP contribution in [0.4, 0.5) is 10.1 Å². The Kier molecular flexibility index (Phi) is 4.63. The average Bonchev–Trinajstić information content (AvgIpc) is 2.26. The molecule has 0 saturated heterocycles. The number of rotatable bonds is 5. The minimum atomic E-state index is -3.93. The van der Waals surface area contributed by atoms with Crippen LogP contribution in [0, 0.1) is 5.82 Å². The number of hydrogen-bond acceptors (Lipinski definition) is 4. The van der Waals surface area contributed by atoms with Crippen LogP contribution in [-0.2, 0) is 10.0 Å². The largest absolute Gasteiger partial charge is 0.398 e. The Hall–Kier alpha value is -0.790. The molecule has 0 fully saturated rings. The Morgan fingerprint density at radius 3 is 2.56 bits per heavy atom. The molecule has 1 aromatic rings. The van der Waals surface area contributed by atoms with Gasteiger partial charge in [-0.15, -0.1) is 0 Å². The van der Waals surface area contributed by atoms with Gasteiger partial charge < -0.3 is 5.73 Å². The van der Waals surface area contributed by atoms with Gasteiger partial charge in [0.2, 0.25) is 10.0 Å². The second-order valence-electron chi connectivity index (χ2n) is 4.45. The summed E-state index contributed by atoms with van der Waals surface area (Å²) in [6, 6.07) is 3.80. The number of nitrogens with one attached hydrogen (secondary N) is 1. The van der Waals surface area contributed by atoms with Gasteiger partial charge in [0.15, 0.2) is 0 Å². The summed E-state index contributed by atoms with van der Waals surface area (Å²) >= 11 is 1.52. The molecule has 0 aliphatic heterocycles. The van der Waals surface area contributed by atoms with Gasteiger partial charge in [-0.3, -0.25) is 0 Å². The maximum Gasteiger partial charge on any atom is 0.245 e. The molecule has 0 aromatic heterocycles. The molecule has 0 radical (unpaired) electrons. The Bertz CT molecular complexity index is 510. The van der Waals surface area contributed by atoms with E-state index in [9.17, 15) is 12.8 Å². The van der Waals surface area contributed by atoms with Crippen LogP contribution in [0.3, 0.4) is 0 Å². The summed E-state index contributed by atoms with van der Waals surface area (Å²) in [5.41, 5.74) is 5.42. The second kappa shape index (κ2) is 5.46. The highest BCUT2D eigenvalue weighted by atomic mass is 32.2. The van der Waals surface area contributed by atoms with E-state index in [-0.39, 0.29) is 17.0 Å². The molecular weight excluding hydrogens is 275 g/mol. The fourth-order valence-corrected chi connectivity index (χ4v) is 2.93. The third-order valence-corrected chi connectivity index (χ3v) is 5.25. The first-order valence-electron chi connectivity index (χ1n) is 5.28. The fourth-order valence-electron chi connectivity index (χ4n) is 1.22. The van der Waals surface area contributed by atoms with E-state index in [0.717, 1.165) is 6.07 Å². The van der Waals surface area contributed by atoms with Gasteiger partial charge in [-0.1, -0.05) is 6.07 Å². The van der Waals surface area contributed by atoms with E-state index in [1.807, 2.05) is 20.1 Å². The maximum atomic E-state index is 13.5. The predicted molar refractivity (Wildman–Crippen MR) is 73.6 cm³/mol. The van der Waals surface area contributed by atoms with Gasteiger partial charge in [-0.25, -0.2) is 17.5 Å². The van der Waals surface area contributed by atoms with E-state index >= 15 is 0 Å². The lowest BCUT2D eigenvalue weighted by Crippen LogP contribution is -2.36. The van der Waals surface area contributed by atoms with Crippen LogP contribution in [0.25, 0.3) is 0 Å². The first kappa shape index (κ1) is 15.3. The second-order valence-corrected chi connectivity index (χ2v) is 7.66. The molecular formula is C11H17FN2O2S2. The molecule has 7 heteroatoms. The molecule has 1 rings (SSSR count). The van der Waals surface area contributed by atoms with Crippen LogP contribution in [0.15, 0.2) is 23.1 Å². The minimum absolute atomic E-state index is 0.0931. The number of nitrogen functional groups attached to an aromatic ring is 1. The molecule has 1 aromatic carbocycles. The zero-order valence-electron chi connectivity index (χ0n) is 10.5. The van der Waals surface area contributed by atoms with E-state index in [1.165, 1.54) is 23.9 Å². The van der Waals surface area contributed by atoms with Crippen LogP contribution in [0.1, 0.15) is 13.8 Å². The van der Waals surface area contributed by atoms with Crippen LogP contribution < -0.4 is 10.5 Å². The molecule has 0 amide bonds. The van der Waals surface area contributed by atoms with Gasteiger partial charge in [-0.2, -0.15) is 11.8 Å². The minimum Gasteiger partial charge on any atom is -0.398 e. The van der Waals surface area contributed by atoms with Gasteiger partial charge in [0.25, 0.3) is 0 Å². The average molecular weight is 292 g/mol. The number of benzene rings is 1. The molecule has 0 aliphatic carbocycles. The lowest BCUT2D eigenvalue weighted by molar-refractivity contribution is 0.551. The van der Waals surface area contributed by atoms with Crippen molar-refractivity contribution in [3.8, 4) is 0 Å². The van der Waals surface area contributed by atoms with Crippen molar-refractivity contribution < 1.29 is 12.8 Å². The first-order valence-corrected chi connectivity index (χ1v) is 7.99. The van der Waals surface area contributed by atoms with Gasteiger partial charge >= 0.3 is 0 Å². The summed E-state index contributed by atoms with van der Waals surface area (Å²) < 4.78 is 39.6. The SMILES string of the molecule is CSC(C)(C)CNS(=O)(=O)c1c(N)cccc1F. The molecule has 3 N–H and O–H groups in total. The van der Waals surface area contributed by atoms with Gasteiger partial charge in [0.05, 0.1) is 5.69 Å². The quantitative estimate of drug-likeness (QED) is 0.812. The van der Waals surface area contributed by atoms with Crippen molar-refractivity contribution in [1.29, 1.82) is 0 Å². The Morgan fingerprint density at radius 1 is 1.44 bits per heavy atom. The molecule has 0 atom stereocenters. The van der Waals surface area contributed by atoms with E-state index in [1.54, 1.807) is 0 Å². The summed E-state index contributed by atoms with van der Waals surface area (Å²) in [6.07, 6.45) is 1.88. The highest BCUT2D eigenvalue weighted by Crippen LogP contribution is 2.24. The number of sulfonamides is 1. The van der Waals surface area contributed by atoms with E-state index < -0.39 is 20.7 Å². The lowest BCUT2D eigenvalue weighted by Gasteiger charge is -2.22. The topological polar surface area (TPSA) is 72.2 Å². The zero-order valence-corrected chi connectivity index (χ0v) is 12.2. The normalized spacial score (nSPS) is 12.7. The van der Waals surface area contributed by atoms with Gasteiger partial charge in [-0.05, 0) is 32.2 Å². The highest BCUT2D eigenvalue weighted by Gasteiger charge is 2.25. The molecule has 102 valence electrons. The molecule has 0 bridgehead atoms. The lowest BCUT2D eigenvalue weighted by atomic mass is 10.2. The Morgan fingerprint density at radius 2 is 2.06 bits per heavy atom. The van der Waals surface area contributed by atoms with Crippen LogP contribution in [0.5, 0.6) is 0 Å². The van der Waals surface area contributed by atoms with Crippen molar-refractivity contribution >= 4 is 27.5 Å². The molecule has 0 heterocycles. The molecule has 0 aliphatic rings. The van der Waals surface area contributed by atoms with E-state index in [2.05, 4.69) is 4.72 Å². The molecule has 4 nitrogen and oxygen atoms in total. The maximum absolute atomic E-state index is 13.5. The molecule has 0 saturated carbocycles. The van der Waals surface area contributed by atoms with Crippen LogP contribution in [-0.4, -0.2) is 26.0 Å². The number of nitrogens with two attached hydrogens (primary N) is 1. The Balaban J connectivity index is 3.01. The van der Waals surface area contributed by atoms with Gasteiger partial charge in [0.1, 0.15) is 10.7 Å². The van der Waals surface area contributed by atoms with Crippen molar-refractivity contribution in [2.45, 2.75) is 23.5 Å². The van der Waals surface area contributed by atoms with Crippen molar-refractivity contribution in [1.82, 2.24) is 4.72 Å². The molecule has 0 unspecified atom stereocenters. The summed E-state index contributed by atoms with van der Waals surface area (Å²) in [4.78, 5) is -0.484. The predicted octanol–water partition coefficient (Wildman–Crippen LogP) is 1.83. The number of halogens is 1.